The third-order valence-corrected chi connectivity index (χ3v) is 4.71. The number of halogens is 2. The van der Waals surface area contributed by atoms with Crippen LogP contribution in [0.5, 0.6) is 5.75 Å². The van der Waals surface area contributed by atoms with Crippen LogP contribution in [0.15, 0.2) is 48.6 Å². The van der Waals surface area contributed by atoms with Gasteiger partial charge in [0.05, 0.1) is 9.08 Å². The van der Waals surface area contributed by atoms with E-state index in [2.05, 4.69) is 52.4 Å². The van der Waals surface area contributed by atoms with Crippen molar-refractivity contribution >= 4 is 43.5 Å². The summed E-state index contributed by atoms with van der Waals surface area (Å²) in [5.74, 6) is -0.202. The number of anilines is 1. The number of H-pyrrole nitrogens is 2. The van der Waals surface area contributed by atoms with Gasteiger partial charge < -0.3 is 19.5 Å². The molecule has 0 saturated heterocycles. The summed E-state index contributed by atoms with van der Waals surface area (Å²) in [6, 6.07) is 8.43. The number of aromatic nitrogens is 3. The number of carbonyl (C=O) groups excluding carboxylic acids is 1. The minimum atomic E-state index is -0.630. The Balaban J connectivity index is 1.59. The maximum Gasteiger partial charge on any atom is 0.434 e. The number of rotatable bonds is 5. The average Bonchev–Trinajstić information content (AvgIpc) is 3.13. The molecule has 0 fully saturated rings. The van der Waals surface area contributed by atoms with Gasteiger partial charge in [-0.1, -0.05) is 0 Å². The van der Waals surface area contributed by atoms with Crippen molar-refractivity contribution < 1.29 is 13.9 Å². The molecule has 0 atom stereocenters. The first-order chi connectivity index (χ1) is 11.5. The van der Waals surface area contributed by atoms with Gasteiger partial charge in [0.25, 0.3) is 11.8 Å². The van der Waals surface area contributed by atoms with E-state index in [-0.39, 0.29) is 18.4 Å². The number of nitrogens with one attached hydrogen (secondary N) is 3. The Bertz CT molecular complexity index is 894. The Morgan fingerprint density at radius 1 is 1.29 bits per heavy atom. The zero-order valence-corrected chi connectivity index (χ0v) is 15.1. The molecule has 1 amide bonds. The van der Waals surface area contributed by atoms with E-state index < -0.39 is 5.76 Å². The highest BCUT2D eigenvalue weighted by molar-refractivity contribution is 9.13. The molecule has 0 aliphatic carbocycles. The number of amides is 1. The van der Waals surface area contributed by atoms with Gasteiger partial charge in [-0.15, -0.1) is 5.10 Å². The topological polar surface area (TPSA) is 113 Å². The molecule has 0 unspecified atom stereocenters. The molecule has 0 aliphatic heterocycles. The molecule has 0 bridgehead atoms. The summed E-state index contributed by atoms with van der Waals surface area (Å²) in [7, 11) is 0. The SMILES string of the molecule is O=C(Nc1ccc(OCc2n[nH]c(=O)o2)cc1)c1cc(Br)c(Br)[nH]1. The molecule has 3 aromatic rings. The van der Waals surface area contributed by atoms with Crippen LogP contribution in [0.25, 0.3) is 0 Å². The Kier molecular flexibility index (Phi) is 4.86. The molecule has 8 nitrogen and oxygen atoms in total. The molecule has 24 heavy (non-hydrogen) atoms. The lowest BCUT2D eigenvalue weighted by molar-refractivity contribution is 0.102. The van der Waals surface area contributed by atoms with Gasteiger partial charge in [0, 0.05) is 5.69 Å². The number of carbonyl (C=O) groups is 1. The Labute approximate surface area is 151 Å². The maximum absolute atomic E-state index is 12.1. The number of hydrogen-bond acceptors (Lipinski definition) is 5. The van der Waals surface area contributed by atoms with E-state index in [1.54, 1.807) is 30.3 Å². The summed E-state index contributed by atoms with van der Waals surface area (Å²) in [5, 5.41) is 8.54. The molecule has 0 aliphatic rings. The van der Waals surface area contributed by atoms with E-state index in [0.717, 1.165) is 4.47 Å². The minimum Gasteiger partial charge on any atom is -0.484 e. The van der Waals surface area contributed by atoms with E-state index in [4.69, 9.17) is 9.15 Å². The van der Waals surface area contributed by atoms with Gasteiger partial charge in [0.2, 0.25) is 0 Å². The predicted molar refractivity (Wildman–Crippen MR) is 92.0 cm³/mol. The molecule has 1 aromatic carbocycles. The van der Waals surface area contributed by atoms with Gasteiger partial charge in [0.1, 0.15) is 11.4 Å². The van der Waals surface area contributed by atoms with Crippen molar-refractivity contribution in [3.05, 3.63) is 61.5 Å². The quantitative estimate of drug-likeness (QED) is 0.544. The lowest BCUT2D eigenvalue weighted by Gasteiger charge is -2.06. The van der Waals surface area contributed by atoms with E-state index >= 15 is 0 Å². The van der Waals surface area contributed by atoms with Crippen LogP contribution in [0, 0.1) is 0 Å². The number of benzene rings is 1. The van der Waals surface area contributed by atoms with Crippen molar-refractivity contribution in [1.29, 1.82) is 0 Å². The first-order valence-electron chi connectivity index (χ1n) is 6.64. The highest BCUT2D eigenvalue weighted by atomic mass is 79.9. The van der Waals surface area contributed by atoms with Crippen molar-refractivity contribution in [3.8, 4) is 5.75 Å². The molecule has 3 N–H and O–H groups in total. The molecule has 124 valence electrons. The summed E-state index contributed by atoms with van der Waals surface area (Å²) in [4.78, 5) is 25.8. The van der Waals surface area contributed by atoms with Crippen LogP contribution in [-0.2, 0) is 6.61 Å². The average molecular weight is 458 g/mol. The monoisotopic (exact) mass is 456 g/mol. The van der Waals surface area contributed by atoms with Crippen molar-refractivity contribution in [2.45, 2.75) is 6.61 Å². The predicted octanol–water partition coefficient (Wildman–Crippen LogP) is 3.05. The summed E-state index contributed by atoms with van der Waals surface area (Å²) in [5.41, 5.74) is 1.03. The smallest absolute Gasteiger partial charge is 0.434 e. The summed E-state index contributed by atoms with van der Waals surface area (Å²) >= 11 is 6.59. The molecule has 3 rings (SSSR count). The van der Waals surface area contributed by atoms with Crippen molar-refractivity contribution in [2.24, 2.45) is 0 Å². The summed E-state index contributed by atoms with van der Waals surface area (Å²) in [6.45, 7) is 0.0228. The molecule has 2 heterocycles. The van der Waals surface area contributed by atoms with Crippen LogP contribution in [0.1, 0.15) is 16.4 Å². The number of aromatic amines is 2. The van der Waals surface area contributed by atoms with Crippen LogP contribution in [0.4, 0.5) is 5.69 Å². The summed E-state index contributed by atoms with van der Waals surface area (Å²) in [6.07, 6.45) is 0. The van der Waals surface area contributed by atoms with Crippen LogP contribution in [-0.4, -0.2) is 21.1 Å². The Hall–Kier alpha value is -2.33. The van der Waals surface area contributed by atoms with Gasteiger partial charge in [0.15, 0.2) is 6.61 Å². The molecule has 0 radical (unpaired) electrons. The van der Waals surface area contributed by atoms with Gasteiger partial charge in [-0.2, -0.15) is 0 Å². The lowest BCUT2D eigenvalue weighted by atomic mass is 10.3. The second-order valence-corrected chi connectivity index (χ2v) is 6.27. The number of hydrogen-bond donors (Lipinski definition) is 3. The third kappa shape index (κ3) is 3.95. The fourth-order valence-electron chi connectivity index (χ4n) is 1.83. The highest BCUT2D eigenvalue weighted by Crippen LogP contribution is 2.24. The molecular formula is C14H10Br2N4O4. The second-order valence-electron chi connectivity index (χ2n) is 4.62. The maximum atomic E-state index is 12.1. The molecule has 0 spiro atoms. The fourth-order valence-corrected chi connectivity index (χ4v) is 2.48. The fraction of sp³-hybridized carbons (Fsp3) is 0.0714. The number of ether oxygens (including phenoxy) is 1. The van der Waals surface area contributed by atoms with Crippen molar-refractivity contribution in [3.63, 3.8) is 0 Å². The van der Waals surface area contributed by atoms with Crippen molar-refractivity contribution in [1.82, 2.24) is 15.2 Å². The zero-order valence-electron chi connectivity index (χ0n) is 11.9. The lowest BCUT2D eigenvalue weighted by Crippen LogP contribution is -2.12. The van der Waals surface area contributed by atoms with Gasteiger partial charge in [-0.3, -0.25) is 4.79 Å². The van der Waals surface area contributed by atoms with Crippen molar-refractivity contribution in [2.75, 3.05) is 5.32 Å². The van der Waals surface area contributed by atoms with Crippen LogP contribution in [0.2, 0.25) is 0 Å². The van der Waals surface area contributed by atoms with Gasteiger partial charge in [-0.25, -0.2) is 9.89 Å². The van der Waals surface area contributed by atoms with Gasteiger partial charge in [-0.05, 0) is 62.2 Å². The van der Waals surface area contributed by atoms with E-state index in [0.29, 0.717) is 21.7 Å². The minimum absolute atomic E-state index is 0.0228. The van der Waals surface area contributed by atoms with E-state index in [1.807, 2.05) is 0 Å². The molecule has 2 aromatic heterocycles. The van der Waals surface area contributed by atoms with Gasteiger partial charge >= 0.3 is 5.76 Å². The Morgan fingerprint density at radius 3 is 2.62 bits per heavy atom. The molecule has 0 saturated carbocycles. The Morgan fingerprint density at radius 2 is 2.04 bits per heavy atom. The third-order valence-electron chi connectivity index (χ3n) is 2.93. The summed E-state index contributed by atoms with van der Waals surface area (Å²) < 4.78 is 11.6. The van der Waals surface area contributed by atoms with E-state index in [1.165, 1.54) is 0 Å². The van der Waals surface area contributed by atoms with E-state index in [9.17, 15) is 9.59 Å². The first kappa shape index (κ1) is 16.5. The van der Waals surface area contributed by atoms with Crippen LogP contribution in [0.3, 0.4) is 0 Å². The molecule has 10 heteroatoms. The normalized spacial score (nSPS) is 10.6. The highest BCUT2D eigenvalue weighted by Gasteiger charge is 2.11. The van der Waals surface area contributed by atoms with Crippen LogP contribution < -0.4 is 15.8 Å². The number of nitrogens with zero attached hydrogens (tertiary/aromatic N) is 1. The van der Waals surface area contributed by atoms with Crippen LogP contribution >= 0.6 is 31.9 Å². The zero-order chi connectivity index (χ0) is 17.1. The first-order valence-corrected chi connectivity index (χ1v) is 8.22. The largest absolute Gasteiger partial charge is 0.484 e. The standard InChI is InChI=1S/C14H10Br2N4O4/c15-9-5-10(18-12(9)16)13(21)17-7-1-3-8(4-2-7)23-6-11-19-20-14(22)24-11/h1-5,18H,6H2,(H,17,21)(H,20,22). The second kappa shape index (κ2) is 7.05. The molecular weight excluding hydrogens is 448 g/mol.